The third-order valence-corrected chi connectivity index (χ3v) is 3.09. The summed E-state index contributed by atoms with van der Waals surface area (Å²) >= 11 is 0. The molecule has 0 radical (unpaired) electrons. The van der Waals surface area contributed by atoms with Crippen LogP contribution in [-0.2, 0) is 10.1 Å². The van der Waals surface area contributed by atoms with Crippen molar-refractivity contribution in [3.63, 3.8) is 0 Å². The molecule has 0 saturated carbocycles. The Kier molecular flexibility index (Phi) is 3.49. The molecule has 5 heteroatoms. The summed E-state index contributed by atoms with van der Waals surface area (Å²) in [6.45, 7) is 3.38. The molecule has 0 heterocycles. The molecule has 0 saturated heterocycles. The van der Waals surface area contributed by atoms with Crippen molar-refractivity contribution in [2.75, 3.05) is 7.11 Å². The lowest BCUT2D eigenvalue weighted by Crippen LogP contribution is -2.09. The van der Waals surface area contributed by atoms with Gasteiger partial charge in [0.1, 0.15) is 11.0 Å². The lowest BCUT2D eigenvalue weighted by Gasteiger charge is -2.09. The van der Waals surface area contributed by atoms with Crippen molar-refractivity contribution < 1.29 is 17.7 Å². The second-order valence-electron chi connectivity index (χ2n) is 2.94. The van der Waals surface area contributed by atoms with Crippen LogP contribution < -0.4 is 4.74 Å². The van der Waals surface area contributed by atoms with Crippen LogP contribution >= 0.6 is 0 Å². The van der Waals surface area contributed by atoms with Gasteiger partial charge >= 0.3 is 0 Å². The molecule has 1 N–H and O–H groups in total. The summed E-state index contributed by atoms with van der Waals surface area (Å²) in [6, 6.07) is 6.38. The fourth-order valence-corrected chi connectivity index (χ4v) is 1.97. The summed E-state index contributed by atoms with van der Waals surface area (Å²) in [7, 11) is -2.63. The van der Waals surface area contributed by atoms with Gasteiger partial charge in [0.05, 0.1) is 7.11 Å². The van der Waals surface area contributed by atoms with Gasteiger partial charge in [0.25, 0.3) is 10.1 Å². The third kappa shape index (κ3) is 2.81. The summed E-state index contributed by atoms with van der Waals surface area (Å²) in [5.74, 6) is 0.622. The van der Waals surface area contributed by atoms with Crippen molar-refractivity contribution in [3.8, 4) is 5.75 Å². The highest BCUT2D eigenvalue weighted by atomic mass is 32.2. The van der Waals surface area contributed by atoms with Gasteiger partial charge in [0.15, 0.2) is 0 Å². The number of rotatable bonds is 4. The molecule has 0 unspecified atom stereocenters. The topological polar surface area (TPSA) is 63.6 Å². The van der Waals surface area contributed by atoms with E-state index < -0.39 is 15.4 Å². The maximum Gasteiger partial charge on any atom is 0.275 e. The van der Waals surface area contributed by atoms with E-state index in [9.17, 15) is 8.42 Å². The van der Waals surface area contributed by atoms with Crippen molar-refractivity contribution >= 4 is 10.1 Å². The maximum absolute atomic E-state index is 11.0. The molecule has 0 aliphatic heterocycles. The average Bonchev–Trinajstić information content (AvgIpc) is 2.18. The molecular formula is C10H12O4S. The normalized spacial score (nSPS) is 13.2. The van der Waals surface area contributed by atoms with Gasteiger partial charge in [-0.1, -0.05) is 18.2 Å². The van der Waals surface area contributed by atoms with E-state index >= 15 is 0 Å². The standard InChI is InChI=1S/C10H12O4S/c1-3-10(15(11,12)13)8-4-6-9(14-2)7-5-8/h3-7,10H,1H2,2H3,(H,11,12,13)/t10-/m1/s1. The van der Waals surface area contributed by atoms with Gasteiger partial charge in [-0.05, 0) is 17.7 Å². The van der Waals surface area contributed by atoms with E-state index in [1.807, 2.05) is 0 Å². The summed E-state index contributed by atoms with van der Waals surface area (Å²) < 4.78 is 35.8. The predicted octanol–water partition coefficient (Wildman–Crippen LogP) is 1.81. The monoisotopic (exact) mass is 228 g/mol. The molecule has 1 aromatic rings. The molecule has 0 aliphatic rings. The van der Waals surface area contributed by atoms with E-state index in [0.29, 0.717) is 11.3 Å². The molecule has 82 valence electrons. The number of hydrogen-bond donors (Lipinski definition) is 1. The molecule has 4 nitrogen and oxygen atoms in total. The third-order valence-electron chi connectivity index (χ3n) is 1.98. The van der Waals surface area contributed by atoms with Crippen LogP contribution in [0, 0.1) is 0 Å². The summed E-state index contributed by atoms with van der Waals surface area (Å²) in [6.07, 6.45) is 1.18. The van der Waals surface area contributed by atoms with Gasteiger partial charge in [-0.2, -0.15) is 8.42 Å². The Hall–Kier alpha value is -1.33. The zero-order valence-corrected chi connectivity index (χ0v) is 9.07. The molecule has 0 bridgehead atoms. The maximum atomic E-state index is 11.0. The second kappa shape index (κ2) is 4.46. The smallest absolute Gasteiger partial charge is 0.275 e. The van der Waals surface area contributed by atoms with Crippen molar-refractivity contribution in [2.45, 2.75) is 5.25 Å². The Balaban J connectivity index is 3.09. The number of hydrogen-bond acceptors (Lipinski definition) is 3. The number of ether oxygens (including phenoxy) is 1. The fraction of sp³-hybridized carbons (Fsp3) is 0.200. The van der Waals surface area contributed by atoms with E-state index in [0.717, 1.165) is 0 Å². The lowest BCUT2D eigenvalue weighted by molar-refractivity contribution is 0.414. The molecule has 0 spiro atoms. The van der Waals surface area contributed by atoms with Crippen LogP contribution in [0.15, 0.2) is 36.9 Å². The van der Waals surface area contributed by atoms with Crippen molar-refractivity contribution in [2.24, 2.45) is 0 Å². The van der Waals surface area contributed by atoms with Crippen molar-refractivity contribution in [3.05, 3.63) is 42.5 Å². The largest absolute Gasteiger partial charge is 0.497 e. The van der Waals surface area contributed by atoms with Gasteiger partial charge in [-0.15, -0.1) is 6.58 Å². The van der Waals surface area contributed by atoms with E-state index in [2.05, 4.69) is 6.58 Å². The molecule has 0 fully saturated rings. The Morgan fingerprint density at radius 3 is 2.27 bits per heavy atom. The van der Waals surface area contributed by atoms with Crippen LogP contribution in [-0.4, -0.2) is 20.1 Å². The van der Waals surface area contributed by atoms with Gasteiger partial charge in [0, 0.05) is 0 Å². The minimum absolute atomic E-state index is 0.452. The minimum Gasteiger partial charge on any atom is -0.497 e. The predicted molar refractivity (Wildman–Crippen MR) is 57.5 cm³/mol. The van der Waals surface area contributed by atoms with Crippen LogP contribution in [0.3, 0.4) is 0 Å². The lowest BCUT2D eigenvalue weighted by atomic mass is 10.1. The SMILES string of the molecule is C=C[C@H](c1ccc(OC)cc1)S(=O)(=O)O. The molecule has 0 amide bonds. The first kappa shape index (κ1) is 11.7. The van der Waals surface area contributed by atoms with Crippen LogP contribution in [0.25, 0.3) is 0 Å². The minimum atomic E-state index is -4.15. The molecule has 1 aromatic carbocycles. The van der Waals surface area contributed by atoms with Crippen LogP contribution in [0.2, 0.25) is 0 Å². The molecule has 1 rings (SSSR count). The Bertz CT molecular complexity index is 433. The quantitative estimate of drug-likeness (QED) is 0.630. The molecule has 1 atom stereocenters. The summed E-state index contributed by atoms with van der Waals surface area (Å²) in [4.78, 5) is 0. The molecule has 0 aliphatic carbocycles. The highest BCUT2D eigenvalue weighted by molar-refractivity contribution is 7.86. The van der Waals surface area contributed by atoms with E-state index in [1.54, 1.807) is 24.3 Å². The number of methoxy groups -OCH3 is 1. The first-order chi connectivity index (χ1) is 6.99. The summed E-state index contributed by atoms with van der Waals surface area (Å²) in [5.41, 5.74) is 0.452. The Morgan fingerprint density at radius 1 is 1.40 bits per heavy atom. The summed E-state index contributed by atoms with van der Waals surface area (Å²) in [5, 5.41) is -1.09. The van der Waals surface area contributed by atoms with E-state index in [4.69, 9.17) is 9.29 Å². The highest BCUT2D eigenvalue weighted by Gasteiger charge is 2.21. The number of benzene rings is 1. The van der Waals surface area contributed by atoms with Gasteiger partial charge in [0.2, 0.25) is 0 Å². The fourth-order valence-electron chi connectivity index (χ4n) is 1.22. The molecule has 15 heavy (non-hydrogen) atoms. The van der Waals surface area contributed by atoms with E-state index in [-0.39, 0.29) is 0 Å². The van der Waals surface area contributed by atoms with Gasteiger partial charge < -0.3 is 4.74 Å². The van der Waals surface area contributed by atoms with Crippen LogP contribution in [0.4, 0.5) is 0 Å². The first-order valence-electron chi connectivity index (χ1n) is 4.22. The van der Waals surface area contributed by atoms with Crippen molar-refractivity contribution in [1.29, 1.82) is 0 Å². The molecular weight excluding hydrogens is 216 g/mol. The van der Waals surface area contributed by atoms with Gasteiger partial charge in [-0.3, -0.25) is 4.55 Å². The van der Waals surface area contributed by atoms with Gasteiger partial charge in [-0.25, -0.2) is 0 Å². The van der Waals surface area contributed by atoms with Crippen LogP contribution in [0.5, 0.6) is 5.75 Å². The Labute approximate surface area is 88.9 Å². The average molecular weight is 228 g/mol. The zero-order chi connectivity index (χ0) is 11.5. The van der Waals surface area contributed by atoms with E-state index in [1.165, 1.54) is 13.2 Å². The zero-order valence-electron chi connectivity index (χ0n) is 8.25. The second-order valence-corrected chi connectivity index (χ2v) is 4.48. The van der Waals surface area contributed by atoms with Crippen LogP contribution in [0.1, 0.15) is 10.8 Å². The Morgan fingerprint density at radius 2 is 1.93 bits per heavy atom. The first-order valence-corrected chi connectivity index (χ1v) is 5.72. The highest BCUT2D eigenvalue weighted by Crippen LogP contribution is 2.24. The van der Waals surface area contributed by atoms with Crippen molar-refractivity contribution in [1.82, 2.24) is 0 Å². The molecule has 0 aromatic heterocycles.